The third-order valence-corrected chi connectivity index (χ3v) is 0.847. The summed E-state index contributed by atoms with van der Waals surface area (Å²) in [5.74, 6) is 0. The van der Waals surface area contributed by atoms with E-state index in [1.807, 2.05) is 19.1 Å². The quantitative estimate of drug-likeness (QED) is 0.363. The molecule has 38 valence electrons. The van der Waals surface area contributed by atoms with Crippen molar-refractivity contribution in [3.8, 4) is 0 Å². The molecule has 0 unspecified atom stereocenters. The van der Waals surface area contributed by atoms with Crippen LogP contribution in [-0.2, 0) is 0 Å². The Morgan fingerprint density at radius 2 is 1.88 bits per heavy atom. The molecule has 0 aliphatic rings. The van der Waals surface area contributed by atoms with Gasteiger partial charge in [-0.1, -0.05) is 0 Å². The molecule has 1 nitrogen and oxygen atoms in total. The normalized spacial score (nSPS) is 7.62. The molecule has 2 heteroatoms. The van der Waals surface area contributed by atoms with Crippen molar-refractivity contribution in [1.82, 2.24) is 4.98 Å². The van der Waals surface area contributed by atoms with E-state index in [2.05, 4.69) is 4.98 Å². The minimum absolute atomic E-state index is 0. The number of aryl methyl sites for hydroxylation is 1. The molecule has 0 amide bonds. The number of hydrogen-bond donors (Lipinski definition) is 0. The monoisotopic (exact) mass is 101 g/mol. The van der Waals surface area contributed by atoms with Crippen LogP contribution in [0.4, 0.5) is 0 Å². The fraction of sp³-hybridized carbons (Fsp3) is 0.167. The SMILES string of the molecule is Cc1ccncc1.[H-].[Li+]. The van der Waals surface area contributed by atoms with Crippen molar-refractivity contribution in [3.63, 3.8) is 0 Å². The summed E-state index contributed by atoms with van der Waals surface area (Å²) in [6.45, 7) is 2.04. The summed E-state index contributed by atoms with van der Waals surface area (Å²) in [4.78, 5) is 3.85. The fourth-order valence-electron chi connectivity index (χ4n) is 0.426. The molecule has 0 saturated heterocycles. The maximum absolute atomic E-state index is 3.85. The summed E-state index contributed by atoms with van der Waals surface area (Å²) in [6.07, 6.45) is 3.57. The van der Waals surface area contributed by atoms with E-state index in [1.165, 1.54) is 5.56 Å². The molecule has 0 atom stereocenters. The number of aromatic nitrogens is 1. The third-order valence-electron chi connectivity index (χ3n) is 0.847. The van der Waals surface area contributed by atoms with Gasteiger partial charge in [-0.05, 0) is 24.6 Å². The Balaban J connectivity index is 0. The second-order valence-electron chi connectivity index (χ2n) is 1.52. The molecule has 1 heterocycles. The topological polar surface area (TPSA) is 12.9 Å². The molecule has 0 N–H and O–H groups in total. The summed E-state index contributed by atoms with van der Waals surface area (Å²) in [7, 11) is 0. The number of rotatable bonds is 0. The van der Waals surface area contributed by atoms with Crippen LogP contribution < -0.4 is 18.9 Å². The van der Waals surface area contributed by atoms with E-state index in [4.69, 9.17) is 0 Å². The van der Waals surface area contributed by atoms with E-state index in [1.54, 1.807) is 12.4 Å². The average Bonchev–Trinajstić information content (AvgIpc) is 1.69. The van der Waals surface area contributed by atoms with Gasteiger partial charge in [0.05, 0.1) is 0 Å². The Hall–Kier alpha value is -0.253. The molecule has 1 rings (SSSR count). The zero-order chi connectivity index (χ0) is 5.11. The Labute approximate surface area is 62.8 Å². The summed E-state index contributed by atoms with van der Waals surface area (Å²) in [6, 6.07) is 3.94. The molecular weight excluding hydrogens is 93.0 g/mol. The molecule has 1 aromatic rings. The zero-order valence-corrected chi connectivity index (χ0v) is 5.26. The van der Waals surface area contributed by atoms with Crippen LogP contribution in [0.2, 0.25) is 0 Å². The van der Waals surface area contributed by atoms with E-state index in [0.29, 0.717) is 0 Å². The summed E-state index contributed by atoms with van der Waals surface area (Å²) in [5.41, 5.74) is 1.26. The molecule has 0 aliphatic heterocycles. The van der Waals surface area contributed by atoms with E-state index in [-0.39, 0.29) is 20.3 Å². The van der Waals surface area contributed by atoms with Crippen LogP contribution in [0.3, 0.4) is 0 Å². The zero-order valence-electron chi connectivity index (χ0n) is 6.26. The smallest absolute Gasteiger partial charge is 1.00 e. The maximum atomic E-state index is 3.85. The predicted molar refractivity (Wildman–Crippen MR) is 30.1 cm³/mol. The Morgan fingerprint density at radius 3 is 2.12 bits per heavy atom. The Bertz CT molecular complexity index is 143. The van der Waals surface area contributed by atoms with Gasteiger partial charge in [-0.3, -0.25) is 4.98 Å². The molecule has 1 aromatic heterocycles. The van der Waals surface area contributed by atoms with Crippen molar-refractivity contribution in [3.05, 3.63) is 30.1 Å². The van der Waals surface area contributed by atoms with Gasteiger partial charge < -0.3 is 1.43 Å². The van der Waals surface area contributed by atoms with Gasteiger partial charge in [-0.15, -0.1) is 0 Å². The van der Waals surface area contributed by atoms with Crippen LogP contribution in [0.25, 0.3) is 0 Å². The van der Waals surface area contributed by atoms with Crippen LogP contribution >= 0.6 is 0 Å². The molecule has 0 spiro atoms. The van der Waals surface area contributed by atoms with Gasteiger partial charge in [-0.25, -0.2) is 0 Å². The first-order valence-electron chi connectivity index (χ1n) is 2.26. The second-order valence-corrected chi connectivity index (χ2v) is 1.52. The van der Waals surface area contributed by atoms with Gasteiger partial charge in [0.15, 0.2) is 0 Å². The van der Waals surface area contributed by atoms with Crippen molar-refractivity contribution in [2.75, 3.05) is 0 Å². The number of nitrogens with zero attached hydrogens (tertiary/aromatic N) is 1. The van der Waals surface area contributed by atoms with Gasteiger partial charge in [0.2, 0.25) is 0 Å². The molecule has 0 aliphatic carbocycles. The van der Waals surface area contributed by atoms with Gasteiger partial charge >= 0.3 is 18.9 Å². The van der Waals surface area contributed by atoms with Gasteiger partial charge in [0.1, 0.15) is 0 Å². The van der Waals surface area contributed by atoms with E-state index in [9.17, 15) is 0 Å². The Morgan fingerprint density at radius 1 is 1.38 bits per heavy atom. The van der Waals surface area contributed by atoms with Gasteiger partial charge in [0, 0.05) is 12.4 Å². The Kier molecular flexibility index (Phi) is 3.60. The predicted octanol–water partition coefficient (Wildman–Crippen LogP) is -1.49. The fourth-order valence-corrected chi connectivity index (χ4v) is 0.426. The number of pyridine rings is 1. The van der Waals surface area contributed by atoms with Crippen LogP contribution in [0.5, 0.6) is 0 Å². The molecular formula is C6H8LiN. The van der Waals surface area contributed by atoms with Crippen molar-refractivity contribution >= 4 is 0 Å². The first-order valence-corrected chi connectivity index (χ1v) is 2.26. The summed E-state index contributed by atoms with van der Waals surface area (Å²) in [5, 5.41) is 0. The summed E-state index contributed by atoms with van der Waals surface area (Å²) < 4.78 is 0. The van der Waals surface area contributed by atoms with Crippen LogP contribution in [0.15, 0.2) is 24.5 Å². The third kappa shape index (κ3) is 2.16. The van der Waals surface area contributed by atoms with Crippen molar-refractivity contribution in [2.24, 2.45) is 0 Å². The van der Waals surface area contributed by atoms with E-state index < -0.39 is 0 Å². The molecule has 0 aromatic carbocycles. The first-order chi connectivity index (χ1) is 3.39. The largest absolute Gasteiger partial charge is 1.00 e. The maximum Gasteiger partial charge on any atom is 1.00 e. The van der Waals surface area contributed by atoms with Gasteiger partial charge in [-0.2, -0.15) is 0 Å². The number of hydrogen-bond acceptors (Lipinski definition) is 1. The van der Waals surface area contributed by atoms with Crippen molar-refractivity contribution in [2.45, 2.75) is 6.92 Å². The van der Waals surface area contributed by atoms with E-state index >= 15 is 0 Å². The van der Waals surface area contributed by atoms with Crippen LogP contribution in [0, 0.1) is 6.92 Å². The molecule has 0 saturated carbocycles. The standard InChI is InChI=1S/C6H7N.Li.H/c1-6-2-4-7-5-3-6;;/h2-5H,1H3;;/q;+1;-1. The van der Waals surface area contributed by atoms with Crippen LogP contribution in [-0.4, -0.2) is 4.98 Å². The minimum atomic E-state index is 0. The molecule has 0 fully saturated rings. The molecule has 0 radical (unpaired) electrons. The van der Waals surface area contributed by atoms with Crippen molar-refractivity contribution < 1.29 is 20.3 Å². The first kappa shape index (κ1) is 7.75. The van der Waals surface area contributed by atoms with E-state index in [0.717, 1.165) is 0 Å². The van der Waals surface area contributed by atoms with Crippen molar-refractivity contribution in [1.29, 1.82) is 0 Å². The molecule has 8 heavy (non-hydrogen) atoms. The van der Waals surface area contributed by atoms with Crippen LogP contribution in [0.1, 0.15) is 6.99 Å². The average molecular weight is 101 g/mol. The second kappa shape index (κ2) is 3.71. The summed E-state index contributed by atoms with van der Waals surface area (Å²) >= 11 is 0. The van der Waals surface area contributed by atoms with Gasteiger partial charge in [0.25, 0.3) is 0 Å². The minimum Gasteiger partial charge on any atom is -1.00 e. The molecule has 0 bridgehead atoms.